The Morgan fingerprint density at radius 3 is 3.09 bits per heavy atom. The molecule has 1 radical (unpaired) electrons. The van der Waals surface area contributed by atoms with Gasteiger partial charge in [-0.2, -0.15) is 0 Å². The van der Waals surface area contributed by atoms with Crippen molar-refractivity contribution in [1.82, 2.24) is 4.98 Å². The lowest BCUT2D eigenvalue weighted by Gasteiger charge is -1.92. The molecule has 0 saturated heterocycles. The number of nitrogens with zero attached hydrogens (tertiary/aromatic N) is 1. The Hall–Kier alpha value is -0.900. The molecule has 0 atom stereocenters. The molecule has 0 saturated carbocycles. The molecule has 1 aliphatic rings. The third-order valence-corrected chi connectivity index (χ3v) is 3.57. The zero-order chi connectivity index (χ0) is 7.90. The topological polar surface area (TPSA) is 47.0 Å². The fourth-order valence-corrected chi connectivity index (χ4v) is 2.69. The van der Waals surface area contributed by atoms with Crippen molar-refractivity contribution >= 4 is 9.84 Å². The highest BCUT2D eigenvalue weighted by Gasteiger charge is 2.25. The number of aromatic nitrogens is 1. The third kappa shape index (κ3) is 0.939. The van der Waals surface area contributed by atoms with Gasteiger partial charge in [-0.15, -0.1) is 0 Å². The Kier molecular flexibility index (Phi) is 1.26. The van der Waals surface area contributed by atoms with E-state index in [-0.39, 0.29) is 5.75 Å². The molecule has 0 fully saturated rings. The molecule has 1 aromatic heterocycles. The number of hydrogen-bond donors (Lipinski definition) is 0. The van der Waals surface area contributed by atoms with Crippen molar-refractivity contribution in [2.24, 2.45) is 0 Å². The van der Waals surface area contributed by atoms with E-state index in [1.807, 2.05) is 0 Å². The highest BCUT2D eigenvalue weighted by molar-refractivity contribution is 7.91. The summed E-state index contributed by atoms with van der Waals surface area (Å²) in [5, 5.41) is 0. The summed E-state index contributed by atoms with van der Waals surface area (Å²) in [5.74, 6) is 0.224. The van der Waals surface area contributed by atoms with E-state index < -0.39 is 9.84 Å². The van der Waals surface area contributed by atoms with Gasteiger partial charge in [0.05, 0.1) is 16.8 Å². The Balaban J connectivity index is 2.75. The van der Waals surface area contributed by atoms with Crippen LogP contribution in [-0.4, -0.2) is 19.2 Å². The minimum absolute atomic E-state index is 0.224. The fraction of sp³-hybridized carbons (Fsp3) is 0.286. The Morgan fingerprint density at radius 2 is 2.36 bits per heavy atom. The van der Waals surface area contributed by atoms with Gasteiger partial charge < -0.3 is 0 Å². The molecule has 0 bridgehead atoms. The van der Waals surface area contributed by atoms with Crippen LogP contribution in [0.15, 0.2) is 17.2 Å². The van der Waals surface area contributed by atoms with E-state index in [0.717, 1.165) is 5.56 Å². The van der Waals surface area contributed by atoms with Gasteiger partial charge in [-0.05, 0) is 18.1 Å². The average Bonchev–Trinajstić information content (AvgIpc) is 2.29. The standard InChI is InChI=1S/C7H6NO2S/c9-11(10)4-2-6-5-8-3-1-7(6)11/h1,5H,2,4H2. The number of aryl methyl sites for hydroxylation is 1. The second kappa shape index (κ2) is 2.04. The first-order chi connectivity index (χ1) is 5.20. The van der Waals surface area contributed by atoms with Crippen molar-refractivity contribution in [3.05, 3.63) is 24.0 Å². The zero-order valence-electron chi connectivity index (χ0n) is 5.74. The number of hydrogen-bond acceptors (Lipinski definition) is 3. The maximum atomic E-state index is 11.2. The van der Waals surface area contributed by atoms with Crippen molar-refractivity contribution < 1.29 is 8.42 Å². The van der Waals surface area contributed by atoms with Gasteiger partial charge in [0.15, 0.2) is 9.84 Å². The van der Waals surface area contributed by atoms with E-state index in [1.165, 1.54) is 6.07 Å². The summed E-state index contributed by atoms with van der Waals surface area (Å²) in [5.41, 5.74) is 0.823. The van der Waals surface area contributed by atoms with Crippen LogP contribution in [0.4, 0.5) is 0 Å². The summed E-state index contributed by atoms with van der Waals surface area (Å²) in [6.45, 7) is 0. The predicted octanol–water partition coefficient (Wildman–Crippen LogP) is 0.212. The Labute approximate surface area is 65.0 Å². The Bertz CT molecular complexity index is 383. The smallest absolute Gasteiger partial charge is 0.179 e. The van der Waals surface area contributed by atoms with Gasteiger partial charge in [0, 0.05) is 6.20 Å². The average molecular weight is 168 g/mol. The summed E-state index contributed by atoms with van der Waals surface area (Å²) in [6, 6.07) is 1.44. The van der Waals surface area contributed by atoms with Crippen LogP contribution in [0.5, 0.6) is 0 Å². The van der Waals surface area contributed by atoms with Crippen molar-refractivity contribution in [2.45, 2.75) is 11.3 Å². The summed E-state index contributed by atoms with van der Waals surface area (Å²) in [7, 11) is -2.98. The lowest BCUT2D eigenvalue weighted by atomic mass is 10.2. The lowest BCUT2D eigenvalue weighted by Crippen LogP contribution is -1.98. The molecule has 3 nitrogen and oxygen atoms in total. The highest BCUT2D eigenvalue weighted by Crippen LogP contribution is 2.23. The van der Waals surface area contributed by atoms with Crippen molar-refractivity contribution in [3.8, 4) is 0 Å². The molecular formula is C7H6NO2S. The van der Waals surface area contributed by atoms with Crippen LogP contribution in [0.2, 0.25) is 0 Å². The number of fused-ring (bicyclic) bond motifs is 1. The molecular weight excluding hydrogens is 162 g/mol. The molecule has 0 N–H and O–H groups in total. The van der Waals surface area contributed by atoms with E-state index >= 15 is 0 Å². The van der Waals surface area contributed by atoms with Crippen molar-refractivity contribution in [2.75, 3.05) is 5.75 Å². The largest absolute Gasteiger partial charge is 0.254 e. The first-order valence-corrected chi connectivity index (χ1v) is 4.93. The molecule has 0 amide bonds. The van der Waals surface area contributed by atoms with Crippen molar-refractivity contribution in [3.63, 3.8) is 0 Å². The molecule has 4 heteroatoms. The maximum Gasteiger partial charge on any atom is 0.179 e. The number of rotatable bonds is 0. The summed E-state index contributed by atoms with van der Waals surface area (Å²) >= 11 is 0. The van der Waals surface area contributed by atoms with Crippen LogP contribution in [0.25, 0.3) is 0 Å². The van der Waals surface area contributed by atoms with Crippen LogP contribution in [0.1, 0.15) is 5.56 Å². The molecule has 0 unspecified atom stereocenters. The quantitative estimate of drug-likeness (QED) is 0.556. The first-order valence-electron chi connectivity index (χ1n) is 3.28. The SMILES string of the molecule is O=S1(=O)CCc2cn[c]cc21. The maximum absolute atomic E-state index is 11.2. The van der Waals surface area contributed by atoms with E-state index in [4.69, 9.17) is 0 Å². The van der Waals surface area contributed by atoms with Gasteiger partial charge in [0.25, 0.3) is 0 Å². The zero-order valence-corrected chi connectivity index (χ0v) is 6.56. The van der Waals surface area contributed by atoms with Crippen LogP contribution >= 0.6 is 0 Å². The van der Waals surface area contributed by atoms with E-state index in [2.05, 4.69) is 11.2 Å². The molecule has 11 heavy (non-hydrogen) atoms. The molecule has 0 spiro atoms. The second-order valence-corrected chi connectivity index (χ2v) is 4.57. The highest BCUT2D eigenvalue weighted by atomic mass is 32.2. The molecule has 2 heterocycles. The van der Waals surface area contributed by atoms with Gasteiger partial charge in [0.1, 0.15) is 0 Å². The molecule has 1 aromatic rings. The Morgan fingerprint density at radius 1 is 1.55 bits per heavy atom. The van der Waals surface area contributed by atoms with Crippen LogP contribution in [0, 0.1) is 6.20 Å². The number of pyridine rings is 1. The molecule has 0 aliphatic carbocycles. The second-order valence-electron chi connectivity index (χ2n) is 2.49. The monoisotopic (exact) mass is 168 g/mol. The third-order valence-electron chi connectivity index (χ3n) is 1.78. The first kappa shape index (κ1) is 6.79. The lowest BCUT2D eigenvalue weighted by molar-refractivity contribution is 0.600. The van der Waals surface area contributed by atoms with Gasteiger partial charge in [0.2, 0.25) is 0 Å². The van der Waals surface area contributed by atoms with Gasteiger partial charge >= 0.3 is 0 Å². The predicted molar refractivity (Wildman–Crippen MR) is 38.8 cm³/mol. The number of sulfone groups is 1. The van der Waals surface area contributed by atoms with E-state index in [9.17, 15) is 8.42 Å². The minimum atomic E-state index is -2.98. The molecule has 2 rings (SSSR count). The molecule has 0 aromatic carbocycles. The normalized spacial score (nSPS) is 19.6. The van der Waals surface area contributed by atoms with Gasteiger partial charge in [-0.3, -0.25) is 4.98 Å². The van der Waals surface area contributed by atoms with Crippen molar-refractivity contribution in [1.29, 1.82) is 0 Å². The van der Waals surface area contributed by atoms with Crippen LogP contribution in [-0.2, 0) is 16.3 Å². The van der Waals surface area contributed by atoms with Crippen LogP contribution < -0.4 is 0 Å². The summed E-state index contributed by atoms with van der Waals surface area (Å²) < 4.78 is 22.4. The summed E-state index contributed by atoms with van der Waals surface area (Å²) in [6.07, 6.45) is 4.69. The molecule has 57 valence electrons. The molecule has 1 aliphatic heterocycles. The van der Waals surface area contributed by atoms with E-state index in [0.29, 0.717) is 11.3 Å². The van der Waals surface area contributed by atoms with Crippen LogP contribution in [0.3, 0.4) is 0 Å². The van der Waals surface area contributed by atoms with Gasteiger partial charge in [-0.25, -0.2) is 8.42 Å². The fourth-order valence-electron chi connectivity index (χ4n) is 1.20. The van der Waals surface area contributed by atoms with E-state index in [1.54, 1.807) is 6.20 Å². The minimum Gasteiger partial charge on any atom is -0.254 e. The van der Waals surface area contributed by atoms with Gasteiger partial charge in [-0.1, -0.05) is 0 Å². The summed E-state index contributed by atoms with van der Waals surface area (Å²) in [4.78, 5) is 4.14.